The van der Waals surface area contributed by atoms with Crippen LogP contribution in [0.5, 0.6) is 0 Å². The van der Waals surface area contributed by atoms with Crippen molar-refractivity contribution in [1.82, 2.24) is 0 Å². The predicted molar refractivity (Wildman–Crippen MR) is 134 cm³/mol. The van der Waals surface area contributed by atoms with E-state index in [1.807, 2.05) is 0 Å². The van der Waals surface area contributed by atoms with Gasteiger partial charge in [-0.25, -0.2) is 0 Å². The van der Waals surface area contributed by atoms with Gasteiger partial charge in [-0.05, 0) is 22.3 Å². The molecule has 16 N–H and O–H groups in total. The van der Waals surface area contributed by atoms with Gasteiger partial charge in [0.2, 0.25) is 0 Å². The number of hydrogen-bond donors (Lipinski definition) is 16. The first kappa shape index (κ1) is 40.4. The molecular formula is C10H22O24P8. The molecule has 0 aromatic heterocycles. The molecule has 1 rings (SSSR count). The van der Waals surface area contributed by atoms with Crippen LogP contribution in [0.2, 0.25) is 0 Å². The van der Waals surface area contributed by atoms with Crippen molar-refractivity contribution in [2.45, 2.75) is 21.6 Å². The first-order valence-corrected chi connectivity index (χ1v) is 23.0. The number of hydrogen-bond acceptors (Lipinski definition) is 8. The minimum Gasteiger partial charge on any atom is -0.324 e. The summed E-state index contributed by atoms with van der Waals surface area (Å²) in [5.74, 6) is 0. The van der Waals surface area contributed by atoms with Gasteiger partial charge in [-0.2, -0.15) is 0 Å². The second-order valence-electron chi connectivity index (χ2n) is 8.28. The zero-order valence-electron chi connectivity index (χ0n) is 19.5. The Morgan fingerprint density at radius 3 is 0.571 bits per heavy atom. The fourth-order valence-electron chi connectivity index (χ4n) is 3.88. The molecule has 0 aliphatic rings. The van der Waals surface area contributed by atoms with Crippen molar-refractivity contribution in [2.75, 3.05) is 0 Å². The lowest BCUT2D eigenvalue weighted by molar-refractivity contribution is 0.327. The molecule has 0 spiro atoms. The van der Waals surface area contributed by atoms with Crippen LogP contribution in [-0.2, 0) is 36.5 Å². The van der Waals surface area contributed by atoms with Gasteiger partial charge in [-0.15, -0.1) is 0 Å². The third-order valence-electron chi connectivity index (χ3n) is 4.98. The van der Waals surface area contributed by atoms with Crippen molar-refractivity contribution in [2.24, 2.45) is 0 Å². The van der Waals surface area contributed by atoms with Gasteiger partial charge < -0.3 is 78.3 Å². The molecule has 0 unspecified atom stereocenters. The molecule has 0 aliphatic carbocycles. The minimum atomic E-state index is -6.76. The Balaban J connectivity index is 5.17. The summed E-state index contributed by atoms with van der Waals surface area (Å²) >= 11 is 0. The lowest BCUT2D eigenvalue weighted by Crippen LogP contribution is -2.19. The monoisotopic (exact) mass is 774 g/mol. The van der Waals surface area contributed by atoms with E-state index in [4.69, 9.17) is 0 Å². The van der Waals surface area contributed by atoms with Crippen LogP contribution in [0.25, 0.3) is 0 Å². The van der Waals surface area contributed by atoms with Crippen molar-refractivity contribution in [3.63, 3.8) is 0 Å². The zero-order valence-corrected chi connectivity index (χ0v) is 26.6. The van der Waals surface area contributed by atoms with E-state index < -0.39 is 105 Å². The molecular weight excluding hydrogens is 752 g/mol. The molecule has 32 heteroatoms. The van der Waals surface area contributed by atoms with E-state index in [2.05, 4.69) is 0 Å². The van der Waals surface area contributed by atoms with Crippen LogP contribution in [0.3, 0.4) is 0 Å². The number of rotatable bonds is 12. The van der Waals surface area contributed by atoms with E-state index in [0.29, 0.717) is 0 Å². The molecule has 1 aromatic rings. The molecule has 0 aliphatic heterocycles. The van der Waals surface area contributed by atoms with Gasteiger partial charge in [0.05, 0.1) is 0 Å². The quantitative estimate of drug-likeness (QED) is 0.114. The molecule has 24 nitrogen and oxygen atoms in total. The Morgan fingerprint density at radius 2 is 0.452 bits per heavy atom. The molecule has 0 bridgehead atoms. The molecule has 1 aromatic carbocycles. The molecule has 42 heavy (non-hydrogen) atoms. The fraction of sp³-hybridized carbons (Fsp3) is 0.400. The van der Waals surface area contributed by atoms with Gasteiger partial charge >= 0.3 is 60.8 Å². The largest absolute Gasteiger partial charge is 0.345 e. The molecule has 246 valence electrons. The third-order valence-corrected chi connectivity index (χ3v) is 19.4. The van der Waals surface area contributed by atoms with E-state index in [9.17, 15) is 115 Å². The second kappa shape index (κ2) is 12.2. The van der Waals surface area contributed by atoms with Crippen molar-refractivity contribution >= 4 is 60.8 Å². The Kier molecular flexibility index (Phi) is 11.8. The molecule has 0 fully saturated rings. The van der Waals surface area contributed by atoms with Crippen LogP contribution in [0, 0.1) is 0 Å². The van der Waals surface area contributed by atoms with Crippen molar-refractivity contribution < 1.29 is 115 Å². The average molecular weight is 774 g/mol. The summed E-state index contributed by atoms with van der Waals surface area (Å²) in [4.78, 5) is 155. The van der Waals surface area contributed by atoms with Gasteiger partial charge in [0.1, 0.15) is 0 Å². The van der Waals surface area contributed by atoms with Crippen LogP contribution in [-0.4, -0.2) is 78.3 Å². The van der Waals surface area contributed by atoms with Crippen LogP contribution in [0.4, 0.5) is 0 Å². The zero-order chi connectivity index (χ0) is 34.0. The summed E-state index contributed by atoms with van der Waals surface area (Å²) in [5.41, 5.74) is -9.22. The van der Waals surface area contributed by atoms with Crippen LogP contribution in [0.1, 0.15) is 43.9 Å². The summed E-state index contributed by atoms with van der Waals surface area (Å²) in [6.07, 6.45) is 0. The first-order valence-electron chi connectivity index (χ1n) is 9.54. The SMILES string of the molecule is O=P(O)(O)C(c1ccc(C(P(=O)(O)O)P(=O)(O)O)c(C(P(=O)(O)O)P(=O)(O)O)c1C(P(=O)(O)O)P(=O)(O)O)P(=O)(O)O. The van der Waals surface area contributed by atoms with E-state index in [-0.39, 0.29) is 12.1 Å². The summed E-state index contributed by atoms with van der Waals surface area (Å²) in [7, 11) is -53.0. The highest BCUT2D eigenvalue weighted by Gasteiger charge is 2.59. The molecule has 0 heterocycles. The van der Waals surface area contributed by atoms with Gasteiger partial charge in [-0.3, -0.25) is 36.5 Å². The van der Waals surface area contributed by atoms with Crippen LogP contribution in [0.15, 0.2) is 12.1 Å². The Hall–Kier alpha value is 0.420. The summed E-state index contributed by atoms with van der Waals surface area (Å²) in [6.45, 7) is 0. The van der Waals surface area contributed by atoms with Gasteiger partial charge in [-0.1, -0.05) is 12.1 Å². The molecule has 0 saturated heterocycles. The average Bonchev–Trinajstić information content (AvgIpc) is 2.56. The van der Waals surface area contributed by atoms with E-state index in [0.717, 1.165) is 0 Å². The molecule has 0 radical (unpaired) electrons. The highest BCUT2D eigenvalue weighted by molar-refractivity contribution is 7.72. The number of benzene rings is 1. The third kappa shape index (κ3) is 9.47. The lowest BCUT2D eigenvalue weighted by Gasteiger charge is -2.34. The second-order valence-corrected chi connectivity index (χ2v) is 23.5. The van der Waals surface area contributed by atoms with E-state index >= 15 is 0 Å². The molecule has 0 saturated carbocycles. The lowest BCUT2D eigenvalue weighted by atomic mass is 9.98. The maximum absolute atomic E-state index is 12.3. The van der Waals surface area contributed by atoms with Crippen LogP contribution < -0.4 is 0 Å². The van der Waals surface area contributed by atoms with Gasteiger partial charge in [0.15, 0.2) is 21.6 Å². The highest BCUT2D eigenvalue weighted by Crippen LogP contribution is 2.81. The van der Waals surface area contributed by atoms with Crippen molar-refractivity contribution in [3.05, 3.63) is 34.4 Å². The van der Waals surface area contributed by atoms with Gasteiger partial charge in [0.25, 0.3) is 0 Å². The van der Waals surface area contributed by atoms with Crippen molar-refractivity contribution in [3.8, 4) is 0 Å². The molecule has 0 amide bonds. The summed E-state index contributed by atoms with van der Waals surface area (Å²) < 4.78 is 97.8. The normalized spacial score (nSPS) is 15.3. The Morgan fingerprint density at radius 1 is 0.310 bits per heavy atom. The standard InChI is InChI=1S/C10H22O24P8/c11-35(12,13)7(36(14,15)16)3-1-2-4(8(37(17,18)19)38(20,21)22)6(10(41(29,30)31)42(32,33)34)5(3)9(39(23,24)25)40(26,27)28/h1-2,7-10H,(H2,11,12,13)(H2,14,15,16)(H2,17,18,19)(H2,20,21,22)(H2,23,24,25)(H2,26,27,28)(H2,29,30,31)(H2,32,33,34). The van der Waals surface area contributed by atoms with E-state index in [1.165, 1.54) is 0 Å². The predicted octanol–water partition coefficient (Wildman–Crippen LogP) is -0.897. The smallest absolute Gasteiger partial charge is 0.324 e. The maximum atomic E-state index is 12.3. The van der Waals surface area contributed by atoms with Crippen molar-refractivity contribution in [1.29, 1.82) is 0 Å². The fourth-order valence-corrected chi connectivity index (χ4v) is 15.0. The topological polar surface area (TPSA) is 460 Å². The Bertz CT molecular complexity index is 1390. The maximum Gasteiger partial charge on any atom is 0.345 e. The Labute approximate surface area is 231 Å². The molecule has 0 atom stereocenters. The van der Waals surface area contributed by atoms with Crippen LogP contribution >= 0.6 is 60.8 Å². The summed E-state index contributed by atoms with van der Waals surface area (Å²) in [5, 5.41) is -16.0. The van der Waals surface area contributed by atoms with Gasteiger partial charge in [0, 0.05) is 0 Å². The highest BCUT2D eigenvalue weighted by atomic mass is 31.3. The minimum absolute atomic E-state index is 0.246. The first-order chi connectivity index (χ1) is 18.0. The van der Waals surface area contributed by atoms with E-state index in [1.54, 1.807) is 0 Å². The summed E-state index contributed by atoms with van der Waals surface area (Å²) in [6, 6.07) is -0.492.